The monoisotopic (exact) mass is 298 g/mol. The van der Waals surface area contributed by atoms with Gasteiger partial charge in [-0.3, -0.25) is 9.59 Å². The maximum Gasteiger partial charge on any atom is 0.313 e. The molecule has 0 aliphatic rings. The predicted octanol–water partition coefficient (Wildman–Crippen LogP) is 2.26. The molecule has 22 heavy (non-hydrogen) atoms. The number of ether oxygens (including phenoxy) is 1. The number of rotatable bonds is 4. The van der Waals surface area contributed by atoms with Gasteiger partial charge in [0.25, 0.3) is 0 Å². The van der Waals surface area contributed by atoms with Crippen LogP contribution in [0, 0.1) is 6.92 Å². The van der Waals surface area contributed by atoms with Crippen LogP contribution in [0.4, 0.5) is 5.69 Å². The lowest BCUT2D eigenvalue weighted by atomic mass is 10.2. The lowest BCUT2D eigenvalue weighted by Crippen LogP contribution is -2.35. The Hall–Kier alpha value is -2.82. The van der Waals surface area contributed by atoms with Crippen LogP contribution in [0.3, 0.4) is 0 Å². The predicted molar refractivity (Wildman–Crippen MR) is 84.6 cm³/mol. The second kappa shape index (κ2) is 7.26. The van der Waals surface area contributed by atoms with Crippen molar-refractivity contribution in [1.29, 1.82) is 0 Å². The third-order valence-electron chi connectivity index (χ3n) is 3.19. The number of anilines is 1. The van der Waals surface area contributed by atoms with E-state index in [-0.39, 0.29) is 6.54 Å². The first kappa shape index (κ1) is 15.6. The van der Waals surface area contributed by atoms with Gasteiger partial charge < -0.3 is 15.4 Å². The lowest BCUT2D eigenvalue weighted by molar-refractivity contribution is -0.136. The summed E-state index contributed by atoms with van der Waals surface area (Å²) in [4.78, 5) is 23.7. The summed E-state index contributed by atoms with van der Waals surface area (Å²) in [6.07, 6.45) is 0. The molecule has 2 N–H and O–H groups in total. The number of nitrogens with one attached hydrogen (secondary N) is 2. The van der Waals surface area contributed by atoms with E-state index in [1.165, 1.54) is 0 Å². The van der Waals surface area contributed by atoms with Crippen LogP contribution in [0.2, 0.25) is 0 Å². The van der Waals surface area contributed by atoms with Crippen LogP contribution < -0.4 is 15.4 Å². The van der Waals surface area contributed by atoms with E-state index in [1.54, 1.807) is 25.3 Å². The number of carbonyl (C=O) groups is 2. The minimum atomic E-state index is -0.683. The normalized spacial score (nSPS) is 9.91. The quantitative estimate of drug-likeness (QED) is 0.851. The molecule has 0 aliphatic carbocycles. The minimum absolute atomic E-state index is 0.261. The third-order valence-corrected chi connectivity index (χ3v) is 3.19. The highest BCUT2D eigenvalue weighted by Gasteiger charge is 2.14. The zero-order valence-electron chi connectivity index (χ0n) is 12.6. The summed E-state index contributed by atoms with van der Waals surface area (Å²) >= 11 is 0. The Morgan fingerprint density at radius 2 is 1.82 bits per heavy atom. The van der Waals surface area contributed by atoms with E-state index >= 15 is 0 Å². The van der Waals surface area contributed by atoms with Gasteiger partial charge in [0.1, 0.15) is 5.75 Å². The smallest absolute Gasteiger partial charge is 0.313 e. The maximum atomic E-state index is 11.9. The molecule has 2 aromatic carbocycles. The van der Waals surface area contributed by atoms with Gasteiger partial charge in [0.15, 0.2) is 0 Å². The van der Waals surface area contributed by atoms with Crippen molar-refractivity contribution in [3.63, 3.8) is 0 Å². The molecule has 114 valence electrons. The fraction of sp³-hybridized carbons (Fsp3) is 0.176. The number of hydrogen-bond donors (Lipinski definition) is 2. The minimum Gasteiger partial charge on any atom is -0.497 e. The summed E-state index contributed by atoms with van der Waals surface area (Å²) in [7, 11) is 1.58. The molecule has 2 rings (SSSR count). The van der Waals surface area contributed by atoms with Gasteiger partial charge in [0.2, 0.25) is 0 Å². The largest absolute Gasteiger partial charge is 0.497 e. The van der Waals surface area contributed by atoms with Crippen molar-refractivity contribution in [3.8, 4) is 5.75 Å². The number of benzene rings is 2. The van der Waals surface area contributed by atoms with E-state index < -0.39 is 11.8 Å². The number of carbonyl (C=O) groups excluding carboxylic acids is 2. The van der Waals surface area contributed by atoms with Crippen LogP contribution in [-0.2, 0) is 16.1 Å². The fourth-order valence-electron chi connectivity index (χ4n) is 1.94. The van der Waals surface area contributed by atoms with Crippen LogP contribution in [0.5, 0.6) is 5.75 Å². The molecule has 0 aromatic heterocycles. The number of para-hydroxylation sites is 1. The van der Waals surface area contributed by atoms with Crippen molar-refractivity contribution in [2.45, 2.75) is 13.5 Å². The topological polar surface area (TPSA) is 67.4 Å². The lowest BCUT2D eigenvalue weighted by Gasteiger charge is -2.09. The van der Waals surface area contributed by atoms with E-state index in [4.69, 9.17) is 4.74 Å². The number of methoxy groups -OCH3 is 1. The third kappa shape index (κ3) is 4.09. The van der Waals surface area contributed by atoms with Gasteiger partial charge >= 0.3 is 11.8 Å². The van der Waals surface area contributed by atoms with Gasteiger partial charge in [0, 0.05) is 12.2 Å². The summed E-state index contributed by atoms with van der Waals surface area (Å²) in [5.74, 6) is -0.653. The van der Waals surface area contributed by atoms with E-state index in [0.29, 0.717) is 11.4 Å². The SMILES string of the molecule is COc1cccc(CNC(=O)C(=O)Nc2ccccc2C)c1. The van der Waals surface area contributed by atoms with Crippen LogP contribution >= 0.6 is 0 Å². The molecule has 0 saturated carbocycles. The van der Waals surface area contributed by atoms with Crippen LogP contribution in [-0.4, -0.2) is 18.9 Å². The highest BCUT2D eigenvalue weighted by atomic mass is 16.5. The summed E-state index contributed by atoms with van der Waals surface area (Å²) in [6.45, 7) is 2.13. The standard InChI is InChI=1S/C17H18N2O3/c1-12-6-3-4-9-15(12)19-17(21)16(20)18-11-13-7-5-8-14(10-13)22-2/h3-10H,11H2,1-2H3,(H,18,20)(H,19,21). The van der Waals surface area contributed by atoms with Gasteiger partial charge in [0.05, 0.1) is 7.11 Å². The highest BCUT2D eigenvalue weighted by Crippen LogP contribution is 2.13. The molecular formula is C17H18N2O3. The number of amides is 2. The first-order valence-corrected chi connectivity index (χ1v) is 6.88. The molecular weight excluding hydrogens is 280 g/mol. The number of hydrogen-bond acceptors (Lipinski definition) is 3. The molecule has 0 fully saturated rings. The molecule has 2 aromatic rings. The molecule has 0 heterocycles. The Bertz CT molecular complexity index is 683. The summed E-state index contributed by atoms with van der Waals surface area (Å²) in [6, 6.07) is 14.6. The van der Waals surface area contributed by atoms with Gasteiger partial charge in [-0.05, 0) is 36.2 Å². The first-order valence-electron chi connectivity index (χ1n) is 6.88. The Labute approximate surface area is 129 Å². The first-order chi connectivity index (χ1) is 10.6. The molecule has 2 amide bonds. The van der Waals surface area contributed by atoms with Gasteiger partial charge in [-0.25, -0.2) is 0 Å². The maximum absolute atomic E-state index is 11.9. The Morgan fingerprint density at radius 3 is 2.55 bits per heavy atom. The highest BCUT2D eigenvalue weighted by molar-refractivity contribution is 6.39. The van der Waals surface area contributed by atoms with E-state index in [9.17, 15) is 9.59 Å². The summed E-state index contributed by atoms with van der Waals surface area (Å²) in [5, 5.41) is 5.18. The van der Waals surface area contributed by atoms with Crippen molar-refractivity contribution in [2.24, 2.45) is 0 Å². The second-order valence-electron chi connectivity index (χ2n) is 4.80. The van der Waals surface area contributed by atoms with E-state index in [0.717, 1.165) is 11.1 Å². The summed E-state index contributed by atoms with van der Waals surface area (Å²) < 4.78 is 5.11. The second-order valence-corrected chi connectivity index (χ2v) is 4.80. The van der Waals surface area contributed by atoms with Gasteiger partial charge in [-0.15, -0.1) is 0 Å². The van der Waals surface area contributed by atoms with Gasteiger partial charge in [-0.2, -0.15) is 0 Å². The van der Waals surface area contributed by atoms with Crippen LogP contribution in [0.1, 0.15) is 11.1 Å². The zero-order chi connectivity index (χ0) is 15.9. The molecule has 0 aliphatic heterocycles. The molecule has 0 saturated heterocycles. The average Bonchev–Trinajstić information content (AvgIpc) is 2.54. The molecule has 5 nitrogen and oxygen atoms in total. The molecule has 0 radical (unpaired) electrons. The molecule has 0 unspecified atom stereocenters. The van der Waals surface area contributed by atoms with Crippen molar-refractivity contribution in [1.82, 2.24) is 5.32 Å². The molecule has 5 heteroatoms. The molecule has 0 atom stereocenters. The number of aryl methyl sites for hydroxylation is 1. The van der Waals surface area contributed by atoms with Crippen molar-refractivity contribution in [2.75, 3.05) is 12.4 Å². The Balaban J connectivity index is 1.91. The van der Waals surface area contributed by atoms with Crippen LogP contribution in [0.25, 0.3) is 0 Å². The van der Waals surface area contributed by atoms with Gasteiger partial charge in [-0.1, -0.05) is 30.3 Å². The van der Waals surface area contributed by atoms with Crippen molar-refractivity contribution < 1.29 is 14.3 Å². The van der Waals surface area contributed by atoms with Crippen molar-refractivity contribution in [3.05, 3.63) is 59.7 Å². The average molecular weight is 298 g/mol. The molecule has 0 bridgehead atoms. The molecule has 0 spiro atoms. The van der Waals surface area contributed by atoms with E-state index in [2.05, 4.69) is 10.6 Å². The van der Waals surface area contributed by atoms with E-state index in [1.807, 2.05) is 37.3 Å². The summed E-state index contributed by atoms with van der Waals surface area (Å²) in [5.41, 5.74) is 2.39. The fourth-order valence-corrected chi connectivity index (χ4v) is 1.94. The Morgan fingerprint density at radius 1 is 1.05 bits per heavy atom. The van der Waals surface area contributed by atoms with Crippen molar-refractivity contribution >= 4 is 17.5 Å². The Kier molecular flexibility index (Phi) is 5.14. The zero-order valence-corrected chi connectivity index (χ0v) is 12.6. The van der Waals surface area contributed by atoms with Crippen LogP contribution in [0.15, 0.2) is 48.5 Å².